The third-order valence-electron chi connectivity index (χ3n) is 5.38. The van der Waals surface area contributed by atoms with Crippen molar-refractivity contribution >= 4 is 17.8 Å². The van der Waals surface area contributed by atoms with Crippen LogP contribution in [0.5, 0.6) is 11.5 Å². The zero-order chi connectivity index (χ0) is 24.8. The third kappa shape index (κ3) is 5.52. The summed E-state index contributed by atoms with van der Waals surface area (Å²) in [6.45, 7) is 1.44. The molecule has 4 rings (SSSR count). The molecule has 0 aliphatic heterocycles. The lowest BCUT2D eigenvalue weighted by molar-refractivity contribution is -0.133. The first-order chi connectivity index (χ1) is 17.0. The summed E-state index contributed by atoms with van der Waals surface area (Å²) in [4.78, 5) is 31.2. The lowest BCUT2D eigenvalue weighted by Gasteiger charge is -2.19. The minimum atomic E-state index is -0.390. The van der Waals surface area contributed by atoms with Crippen molar-refractivity contribution in [2.75, 3.05) is 26.1 Å². The van der Waals surface area contributed by atoms with Crippen molar-refractivity contribution in [2.24, 2.45) is 0 Å². The van der Waals surface area contributed by atoms with Gasteiger partial charge in [0.25, 0.3) is 0 Å². The molecule has 0 atom stereocenters. The Labute approximate surface area is 202 Å². The first-order valence-corrected chi connectivity index (χ1v) is 10.9. The molecule has 2 aromatic heterocycles. The number of nitrogens with one attached hydrogen (secondary N) is 1. The first-order valence-electron chi connectivity index (χ1n) is 10.9. The van der Waals surface area contributed by atoms with Crippen LogP contribution in [0.2, 0.25) is 0 Å². The molecule has 9 heteroatoms. The van der Waals surface area contributed by atoms with Crippen LogP contribution in [-0.4, -0.2) is 47.0 Å². The molecule has 0 saturated heterocycles. The van der Waals surface area contributed by atoms with Crippen molar-refractivity contribution in [3.05, 3.63) is 78.9 Å². The Morgan fingerprint density at radius 2 is 1.80 bits per heavy atom. The molecule has 9 nitrogen and oxygen atoms in total. The molecule has 0 unspecified atom stereocenters. The molecule has 0 aliphatic rings. The second-order valence-corrected chi connectivity index (χ2v) is 7.73. The van der Waals surface area contributed by atoms with E-state index in [0.29, 0.717) is 34.6 Å². The quantitative estimate of drug-likeness (QED) is 0.392. The number of aromatic nitrogens is 2. The van der Waals surface area contributed by atoms with Crippen LogP contribution >= 0.6 is 0 Å². The highest BCUT2D eigenvalue weighted by Crippen LogP contribution is 2.31. The zero-order valence-corrected chi connectivity index (χ0v) is 19.7. The van der Waals surface area contributed by atoms with Crippen molar-refractivity contribution in [1.82, 2.24) is 14.5 Å². The van der Waals surface area contributed by atoms with E-state index in [0.717, 1.165) is 5.56 Å². The van der Waals surface area contributed by atoms with Crippen molar-refractivity contribution < 1.29 is 23.5 Å². The van der Waals surface area contributed by atoms with Gasteiger partial charge in [0.2, 0.25) is 17.8 Å². The van der Waals surface area contributed by atoms with E-state index in [4.69, 9.17) is 13.9 Å². The van der Waals surface area contributed by atoms with E-state index < -0.39 is 5.91 Å². The summed E-state index contributed by atoms with van der Waals surface area (Å²) < 4.78 is 17.9. The van der Waals surface area contributed by atoms with E-state index in [9.17, 15) is 9.59 Å². The molecule has 35 heavy (non-hydrogen) atoms. The van der Waals surface area contributed by atoms with Gasteiger partial charge in [-0.15, -0.1) is 0 Å². The summed E-state index contributed by atoms with van der Waals surface area (Å²) in [5, 5.41) is 2.85. The highest BCUT2D eigenvalue weighted by molar-refractivity contribution is 5.93. The van der Waals surface area contributed by atoms with Gasteiger partial charge in [-0.25, -0.2) is 4.98 Å². The summed E-state index contributed by atoms with van der Waals surface area (Å²) in [6.07, 6.45) is 3.36. The maximum atomic E-state index is 13.0. The maximum absolute atomic E-state index is 13.0. The van der Waals surface area contributed by atoms with E-state index in [1.807, 2.05) is 42.6 Å². The third-order valence-corrected chi connectivity index (χ3v) is 5.38. The van der Waals surface area contributed by atoms with Crippen molar-refractivity contribution in [3.63, 3.8) is 0 Å². The van der Waals surface area contributed by atoms with Gasteiger partial charge in [0.05, 0.1) is 38.4 Å². The lowest BCUT2D eigenvalue weighted by atomic mass is 10.2. The van der Waals surface area contributed by atoms with Crippen LogP contribution in [0.25, 0.3) is 16.9 Å². The molecule has 2 heterocycles. The second kappa shape index (κ2) is 10.6. The number of ether oxygens (including phenoxy) is 2. The fourth-order valence-electron chi connectivity index (χ4n) is 3.59. The van der Waals surface area contributed by atoms with Crippen LogP contribution in [0.15, 0.2) is 77.5 Å². The van der Waals surface area contributed by atoms with Gasteiger partial charge in [-0.3, -0.25) is 19.5 Å². The number of rotatable bonds is 9. The molecule has 4 aromatic rings. The monoisotopic (exact) mass is 474 g/mol. The first kappa shape index (κ1) is 23.6. The highest BCUT2D eigenvalue weighted by atomic mass is 16.5. The van der Waals surface area contributed by atoms with E-state index in [2.05, 4.69) is 10.3 Å². The molecular weight excluding hydrogens is 448 g/mol. The van der Waals surface area contributed by atoms with E-state index in [1.54, 1.807) is 43.1 Å². The molecule has 2 amide bonds. The molecule has 2 aromatic carbocycles. The lowest BCUT2D eigenvalue weighted by Crippen LogP contribution is -2.36. The summed E-state index contributed by atoms with van der Waals surface area (Å²) in [5.74, 6) is 1.39. The molecular formula is C26H26N4O5. The van der Waals surface area contributed by atoms with Gasteiger partial charge in [-0.2, -0.15) is 0 Å². The van der Waals surface area contributed by atoms with Crippen LogP contribution in [0, 0.1) is 0 Å². The molecule has 1 N–H and O–H groups in total. The van der Waals surface area contributed by atoms with Gasteiger partial charge < -0.3 is 18.8 Å². The fourth-order valence-corrected chi connectivity index (χ4v) is 3.59. The van der Waals surface area contributed by atoms with Gasteiger partial charge >= 0.3 is 0 Å². The SMILES string of the molecule is COc1ccc(-n2cc(-c3ccccc3)nc2NC(=O)CN(Cc2ccco2)C(C)=O)cc1OC. The molecule has 0 aliphatic carbocycles. The predicted molar refractivity (Wildman–Crippen MR) is 131 cm³/mol. The summed E-state index contributed by atoms with van der Waals surface area (Å²) in [7, 11) is 3.13. The number of hydrogen-bond donors (Lipinski definition) is 1. The molecule has 0 bridgehead atoms. The summed E-state index contributed by atoms with van der Waals surface area (Å²) >= 11 is 0. The molecule has 180 valence electrons. The Kier molecular flexibility index (Phi) is 7.15. The summed E-state index contributed by atoms with van der Waals surface area (Å²) in [5.41, 5.74) is 2.28. The van der Waals surface area contributed by atoms with Crippen LogP contribution in [-0.2, 0) is 16.1 Å². The molecule has 0 radical (unpaired) electrons. The van der Waals surface area contributed by atoms with Gasteiger partial charge in [0, 0.05) is 24.8 Å². The second-order valence-electron chi connectivity index (χ2n) is 7.73. The number of furan rings is 1. The molecule has 0 spiro atoms. The van der Waals surface area contributed by atoms with E-state index in [1.165, 1.54) is 18.1 Å². The highest BCUT2D eigenvalue weighted by Gasteiger charge is 2.19. The van der Waals surface area contributed by atoms with E-state index >= 15 is 0 Å². The van der Waals surface area contributed by atoms with Crippen molar-refractivity contribution in [2.45, 2.75) is 13.5 Å². The normalized spacial score (nSPS) is 10.6. The number of hydrogen-bond acceptors (Lipinski definition) is 6. The number of amides is 2. The Morgan fingerprint density at radius 1 is 1.03 bits per heavy atom. The largest absolute Gasteiger partial charge is 0.493 e. The van der Waals surface area contributed by atoms with Crippen molar-refractivity contribution in [3.8, 4) is 28.4 Å². The maximum Gasteiger partial charge on any atom is 0.246 e. The standard InChI is InChI=1S/C26H26N4O5/c1-18(31)29(15-21-10-7-13-35-21)17-25(32)28-26-27-22(19-8-5-4-6-9-19)16-30(26)20-11-12-23(33-2)24(14-20)34-3/h4-14,16H,15,17H2,1-3H3,(H,27,28,32). The Bertz CT molecular complexity index is 1300. The number of methoxy groups -OCH3 is 2. The predicted octanol–water partition coefficient (Wildman–Crippen LogP) is 4.14. The minimum absolute atomic E-state index is 0.157. The number of imidazole rings is 1. The Hall–Kier alpha value is -4.53. The van der Waals surface area contributed by atoms with Crippen LogP contribution in [0.1, 0.15) is 12.7 Å². The van der Waals surface area contributed by atoms with Gasteiger partial charge in [0.1, 0.15) is 12.3 Å². The van der Waals surface area contributed by atoms with Gasteiger partial charge in [-0.1, -0.05) is 30.3 Å². The number of nitrogens with zero attached hydrogens (tertiary/aromatic N) is 3. The smallest absolute Gasteiger partial charge is 0.246 e. The zero-order valence-electron chi connectivity index (χ0n) is 19.7. The number of carbonyl (C=O) groups excluding carboxylic acids is 2. The summed E-state index contributed by atoms with van der Waals surface area (Å²) in [6, 6.07) is 18.5. The number of anilines is 1. The fraction of sp³-hybridized carbons (Fsp3) is 0.192. The van der Waals surface area contributed by atoms with Gasteiger partial charge in [0.15, 0.2) is 11.5 Å². The minimum Gasteiger partial charge on any atom is -0.493 e. The van der Waals surface area contributed by atoms with Gasteiger partial charge in [-0.05, 0) is 24.3 Å². The Morgan fingerprint density at radius 3 is 2.46 bits per heavy atom. The Balaban J connectivity index is 1.64. The van der Waals surface area contributed by atoms with Crippen LogP contribution < -0.4 is 14.8 Å². The molecule has 0 fully saturated rings. The van der Waals surface area contributed by atoms with Crippen molar-refractivity contribution in [1.29, 1.82) is 0 Å². The topological polar surface area (TPSA) is 98.8 Å². The van der Waals surface area contributed by atoms with Crippen LogP contribution in [0.3, 0.4) is 0 Å². The van der Waals surface area contributed by atoms with Crippen LogP contribution in [0.4, 0.5) is 5.95 Å². The number of benzene rings is 2. The molecule has 0 saturated carbocycles. The number of carbonyl (C=O) groups is 2. The average molecular weight is 475 g/mol. The van der Waals surface area contributed by atoms with E-state index in [-0.39, 0.29) is 19.0 Å². The average Bonchev–Trinajstić information content (AvgIpc) is 3.54.